The van der Waals surface area contributed by atoms with Gasteiger partial charge in [-0.15, -0.1) is 0 Å². The van der Waals surface area contributed by atoms with Gasteiger partial charge in [-0.2, -0.15) is 0 Å². The molecule has 0 bridgehead atoms. The molecule has 0 aromatic heterocycles. The normalized spacial score (nSPS) is 36.7. The number of esters is 1. The van der Waals surface area contributed by atoms with E-state index in [4.69, 9.17) is 4.74 Å². The van der Waals surface area contributed by atoms with Crippen molar-refractivity contribution in [2.24, 2.45) is 0 Å². The van der Waals surface area contributed by atoms with Crippen molar-refractivity contribution < 1.29 is 9.53 Å². The van der Waals surface area contributed by atoms with Crippen LogP contribution in [0.15, 0.2) is 66.3 Å². The zero-order valence-electron chi connectivity index (χ0n) is 14.4. The standard InChI is InChI=1S/C22H23NO2/c24-20-22(17-9-3-1-4-10-17)13-7-2-5-12-19(22)21(25-20)15-18-11-6-8-14-23(18)16-21/h1-5,7,9-10,12-13,18H,6,8,11,14-16H2/t18-,21+,22+/m1/s1. The van der Waals surface area contributed by atoms with E-state index in [1.165, 1.54) is 19.3 Å². The number of benzene rings is 1. The first-order chi connectivity index (χ1) is 12.2. The number of carbonyl (C=O) groups is 1. The third-order valence-electron chi connectivity index (χ3n) is 6.36. The van der Waals surface area contributed by atoms with Gasteiger partial charge < -0.3 is 4.74 Å². The van der Waals surface area contributed by atoms with Gasteiger partial charge in [-0.3, -0.25) is 9.69 Å². The molecule has 3 saturated heterocycles. The molecule has 1 spiro atoms. The van der Waals surface area contributed by atoms with E-state index in [-0.39, 0.29) is 5.97 Å². The molecule has 3 nitrogen and oxygen atoms in total. The first-order valence-corrected chi connectivity index (χ1v) is 9.35. The van der Waals surface area contributed by atoms with E-state index in [0.29, 0.717) is 6.04 Å². The largest absolute Gasteiger partial charge is 0.452 e. The third-order valence-corrected chi connectivity index (χ3v) is 6.36. The molecular formula is C22H23NO2. The van der Waals surface area contributed by atoms with E-state index in [2.05, 4.69) is 17.1 Å². The molecule has 25 heavy (non-hydrogen) atoms. The average molecular weight is 333 g/mol. The molecule has 0 radical (unpaired) electrons. The van der Waals surface area contributed by atoms with Gasteiger partial charge >= 0.3 is 5.97 Å². The molecule has 3 fully saturated rings. The third kappa shape index (κ3) is 2.05. The Morgan fingerprint density at radius 1 is 1.08 bits per heavy atom. The Kier molecular flexibility index (Phi) is 3.29. The highest BCUT2D eigenvalue weighted by molar-refractivity contribution is 5.95. The summed E-state index contributed by atoms with van der Waals surface area (Å²) >= 11 is 0. The average Bonchev–Trinajstić information content (AvgIpc) is 2.99. The van der Waals surface area contributed by atoms with Crippen LogP contribution in [0.4, 0.5) is 0 Å². The fourth-order valence-electron chi connectivity index (χ4n) is 5.25. The van der Waals surface area contributed by atoms with Crippen molar-refractivity contribution >= 4 is 5.97 Å². The first-order valence-electron chi connectivity index (χ1n) is 9.35. The molecule has 5 rings (SSSR count). The number of hydrogen-bond donors (Lipinski definition) is 0. The molecular weight excluding hydrogens is 310 g/mol. The van der Waals surface area contributed by atoms with E-state index >= 15 is 0 Å². The summed E-state index contributed by atoms with van der Waals surface area (Å²) in [5, 5.41) is 0. The van der Waals surface area contributed by atoms with Gasteiger partial charge in [-0.05, 0) is 30.5 Å². The highest BCUT2D eigenvalue weighted by Crippen LogP contribution is 2.54. The van der Waals surface area contributed by atoms with Crippen molar-refractivity contribution in [1.82, 2.24) is 4.90 Å². The van der Waals surface area contributed by atoms with Crippen LogP contribution in [0, 0.1) is 0 Å². The SMILES string of the molecule is O=C1O[C@]2(C[C@H]3CCCCN3C2)C2=CC=CC=C[C@@]12c1ccccc1. The molecule has 128 valence electrons. The molecule has 1 aromatic carbocycles. The van der Waals surface area contributed by atoms with Crippen LogP contribution in [0.5, 0.6) is 0 Å². The summed E-state index contributed by atoms with van der Waals surface area (Å²) in [6.07, 6.45) is 14.9. The lowest BCUT2D eigenvalue weighted by Gasteiger charge is -2.29. The number of piperidine rings is 1. The Morgan fingerprint density at radius 2 is 1.96 bits per heavy atom. The highest BCUT2D eigenvalue weighted by atomic mass is 16.6. The Balaban J connectivity index is 1.66. The van der Waals surface area contributed by atoms with Crippen LogP contribution in [-0.4, -0.2) is 35.6 Å². The Labute approximate surface area is 148 Å². The van der Waals surface area contributed by atoms with Gasteiger partial charge in [-0.1, -0.05) is 67.1 Å². The molecule has 3 atom stereocenters. The van der Waals surface area contributed by atoms with Crippen molar-refractivity contribution in [2.45, 2.75) is 42.7 Å². The lowest BCUT2D eigenvalue weighted by molar-refractivity contribution is -0.149. The second-order valence-corrected chi connectivity index (χ2v) is 7.71. The molecule has 0 amide bonds. The van der Waals surface area contributed by atoms with Crippen molar-refractivity contribution in [3.63, 3.8) is 0 Å². The van der Waals surface area contributed by atoms with E-state index in [1.54, 1.807) is 0 Å². The number of nitrogens with zero attached hydrogens (tertiary/aromatic N) is 1. The van der Waals surface area contributed by atoms with Gasteiger partial charge in [-0.25, -0.2) is 0 Å². The maximum atomic E-state index is 13.3. The molecule has 4 aliphatic rings. The lowest BCUT2D eigenvalue weighted by Crippen LogP contribution is -2.38. The number of allylic oxidation sites excluding steroid dienone is 4. The summed E-state index contributed by atoms with van der Waals surface area (Å²) < 4.78 is 6.23. The van der Waals surface area contributed by atoms with Gasteiger partial charge in [0, 0.05) is 19.0 Å². The van der Waals surface area contributed by atoms with E-state index in [9.17, 15) is 4.79 Å². The summed E-state index contributed by atoms with van der Waals surface area (Å²) in [6.45, 7) is 1.97. The van der Waals surface area contributed by atoms with E-state index in [0.717, 1.165) is 30.6 Å². The molecule has 0 N–H and O–H groups in total. The van der Waals surface area contributed by atoms with E-state index in [1.807, 2.05) is 48.6 Å². The van der Waals surface area contributed by atoms with Crippen LogP contribution >= 0.6 is 0 Å². The quantitative estimate of drug-likeness (QED) is 0.736. The van der Waals surface area contributed by atoms with Crippen LogP contribution in [0.1, 0.15) is 31.2 Å². The molecule has 1 aliphatic carbocycles. The number of rotatable bonds is 1. The van der Waals surface area contributed by atoms with Crippen molar-refractivity contribution in [2.75, 3.05) is 13.1 Å². The zero-order valence-corrected chi connectivity index (χ0v) is 14.4. The molecule has 3 heteroatoms. The van der Waals surface area contributed by atoms with Crippen LogP contribution in [0.2, 0.25) is 0 Å². The predicted octanol–water partition coefficient (Wildman–Crippen LogP) is 3.53. The fourth-order valence-corrected chi connectivity index (χ4v) is 5.25. The lowest BCUT2D eigenvalue weighted by atomic mass is 9.69. The van der Waals surface area contributed by atoms with Crippen LogP contribution in [0.3, 0.4) is 0 Å². The van der Waals surface area contributed by atoms with Crippen molar-refractivity contribution in [3.05, 3.63) is 71.8 Å². The molecule has 1 aromatic rings. The summed E-state index contributed by atoms with van der Waals surface area (Å²) in [7, 11) is 0. The second kappa shape index (κ2) is 5.43. The Hall–Kier alpha value is -2.13. The van der Waals surface area contributed by atoms with Crippen molar-refractivity contribution in [1.29, 1.82) is 0 Å². The summed E-state index contributed by atoms with van der Waals surface area (Å²) in [6, 6.07) is 10.6. The minimum atomic E-state index is -0.778. The zero-order chi connectivity index (χ0) is 16.9. The number of hydrogen-bond acceptors (Lipinski definition) is 3. The summed E-state index contributed by atoms with van der Waals surface area (Å²) in [4.78, 5) is 15.8. The molecule has 3 heterocycles. The number of fused-ring (bicyclic) bond motifs is 3. The first kappa shape index (κ1) is 15.2. The molecule has 0 saturated carbocycles. The van der Waals surface area contributed by atoms with Crippen LogP contribution in [0.25, 0.3) is 0 Å². The summed E-state index contributed by atoms with van der Waals surface area (Å²) in [5.41, 5.74) is 0.879. The number of carbonyl (C=O) groups excluding carboxylic acids is 1. The van der Waals surface area contributed by atoms with E-state index < -0.39 is 11.0 Å². The maximum Gasteiger partial charge on any atom is 0.325 e. The van der Waals surface area contributed by atoms with Gasteiger partial charge in [0.1, 0.15) is 11.0 Å². The Morgan fingerprint density at radius 3 is 2.80 bits per heavy atom. The molecule has 3 aliphatic heterocycles. The number of ether oxygens (including phenoxy) is 1. The minimum absolute atomic E-state index is 0.121. The van der Waals surface area contributed by atoms with Gasteiger partial charge in [0.2, 0.25) is 0 Å². The van der Waals surface area contributed by atoms with Crippen LogP contribution < -0.4 is 0 Å². The van der Waals surface area contributed by atoms with Crippen molar-refractivity contribution in [3.8, 4) is 0 Å². The maximum absolute atomic E-state index is 13.3. The van der Waals surface area contributed by atoms with Gasteiger partial charge in [0.25, 0.3) is 0 Å². The van der Waals surface area contributed by atoms with Crippen LogP contribution in [-0.2, 0) is 14.9 Å². The molecule has 0 unspecified atom stereocenters. The fraction of sp³-hybridized carbons (Fsp3) is 0.409. The topological polar surface area (TPSA) is 29.5 Å². The van der Waals surface area contributed by atoms with Gasteiger partial charge in [0.05, 0.1) is 0 Å². The predicted molar refractivity (Wildman–Crippen MR) is 97.1 cm³/mol. The second-order valence-electron chi connectivity index (χ2n) is 7.71. The minimum Gasteiger partial charge on any atom is -0.452 e. The highest BCUT2D eigenvalue weighted by Gasteiger charge is 2.64. The Bertz CT molecular complexity index is 778. The monoisotopic (exact) mass is 333 g/mol. The summed E-state index contributed by atoms with van der Waals surface area (Å²) in [5.74, 6) is -0.121. The van der Waals surface area contributed by atoms with Gasteiger partial charge in [0.15, 0.2) is 0 Å². The smallest absolute Gasteiger partial charge is 0.325 e.